The Morgan fingerprint density at radius 1 is 1.15 bits per heavy atom. The normalized spacial score (nSPS) is 13.8. The summed E-state index contributed by atoms with van der Waals surface area (Å²) in [5.74, 6) is 0.225. The van der Waals surface area contributed by atoms with Gasteiger partial charge in [0.1, 0.15) is 17.7 Å². The first-order valence-electron chi connectivity index (χ1n) is 6.10. The van der Waals surface area contributed by atoms with Gasteiger partial charge >= 0.3 is 0 Å². The van der Waals surface area contributed by atoms with Gasteiger partial charge in [0, 0.05) is 10.0 Å². The molecule has 0 aliphatic rings. The van der Waals surface area contributed by atoms with Crippen molar-refractivity contribution in [3.05, 3.63) is 63.9 Å². The van der Waals surface area contributed by atoms with Gasteiger partial charge in [0.2, 0.25) is 0 Å². The Kier molecular flexibility index (Phi) is 4.86. The molecule has 2 unspecified atom stereocenters. The van der Waals surface area contributed by atoms with Crippen LogP contribution in [0.25, 0.3) is 0 Å². The fraction of sp³-hybridized carbons (Fsp3) is 0.200. The SMILES string of the molecule is CC(Oc1cccc(Cl)c1)C(N)c1cc(F)ccc1Cl. The van der Waals surface area contributed by atoms with Crippen LogP contribution in [0.3, 0.4) is 0 Å². The van der Waals surface area contributed by atoms with E-state index in [-0.39, 0.29) is 11.9 Å². The van der Waals surface area contributed by atoms with Crippen LogP contribution >= 0.6 is 23.2 Å². The second-order valence-corrected chi connectivity index (χ2v) is 5.32. The minimum atomic E-state index is -0.544. The van der Waals surface area contributed by atoms with E-state index in [9.17, 15) is 4.39 Å². The molecule has 2 aromatic carbocycles. The van der Waals surface area contributed by atoms with Crippen molar-refractivity contribution in [2.75, 3.05) is 0 Å². The van der Waals surface area contributed by atoms with Gasteiger partial charge in [-0.3, -0.25) is 0 Å². The molecule has 0 amide bonds. The van der Waals surface area contributed by atoms with E-state index in [1.807, 2.05) is 0 Å². The molecule has 0 saturated carbocycles. The van der Waals surface area contributed by atoms with Crippen LogP contribution in [0.5, 0.6) is 5.75 Å². The number of hydrogen-bond donors (Lipinski definition) is 1. The topological polar surface area (TPSA) is 35.2 Å². The Morgan fingerprint density at radius 3 is 2.60 bits per heavy atom. The third-order valence-electron chi connectivity index (χ3n) is 2.94. The van der Waals surface area contributed by atoms with Crippen molar-refractivity contribution in [3.8, 4) is 5.75 Å². The van der Waals surface area contributed by atoms with Crippen molar-refractivity contribution in [2.24, 2.45) is 5.73 Å². The third kappa shape index (κ3) is 3.63. The molecule has 0 aliphatic heterocycles. The monoisotopic (exact) mass is 313 g/mol. The second-order valence-electron chi connectivity index (χ2n) is 4.47. The van der Waals surface area contributed by atoms with Crippen LogP contribution in [-0.4, -0.2) is 6.10 Å². The fourth-order valence-corrected chi connectivity index (χ4v) is 2.27. The zero-order valence-electron chi connectivity index (χ0n) is 10.8. The van der Waals surface area contributed by atoms with Crippen molar-refractivity contribution in [2.45, 2.75) is 19.1 Å². The highest BCUT2D eigenvalue weighted by atomic mass is 35.5. The molecule has 0 heterocycles. The molecule has 0 aromatic heterocycles. The van der Waals surface area contributed by atoms with Crippen molar-refractivity contribution >= 4 is 23.2 Å². The van der Waals surface area contributed by atoms with Gasteiger partial charge in [-0.05, 0) is 48.9 Å². The Bertz CT molecular complexity index is 606. The molecule has 20 heavy (non-hydrogen) atoms. The zero-order chi connectivity index (χ0) is 14.7. The molecule has 0 radical (unpaired) electrons. The summed E-state index contributed by atoms with van der Waals surface area (Å²) >= 11 is 11.9. The summed E-state index contributed by atoms with van der Waals surface area (Å²) < 4.78 is 19.0. The summed E-state index contributed by atoms with van der Waals surface area (Å²) in [5, 5.41) is 0.993. The Hall–Kier alpha value is -1.29. The summed E-state index contributed by atoms with van der Waals surface area (Å²) in [6, 6.07) is 10.6. The quantitative estimate of drug-likeness (QED) is 0.895. The van der Waals surface area contributed by atoms with E-state index < -0.39 is 6.04 Å². The summed E-state index contributed by atoms with van der Waals surface area (Å²) in [6.45, 7) is 1.80. The van der Waals surface area contributed by atoms with E-state index >= 15 is 0 Å². The lowest BCUT2D eigenvalue weighted by molar-refractivity contribution is 0.190. The van der Waals surface area contributed by atoms with Crippen molar-refractivity contribution in [3.63, 3.8) is 0 Å². The zero-order valence-corrected chi connectivity index (χ0v) is 12.3. The van der Waals surface area contributed by atoms with Gasteiger partial charge < -0.3 is 10.5 Å². The van der Waals surface area contributed by atoms with Gasteiger partial charge in [0.15, 0.2) is 0 Å². The van der Waals surface area contributed by atoms with Crippen LogP contribution in [0.1, 0.15) is 18.5 Å². The average Bonchev–Trinajstić information content (AvgIpc) is 2.40. The minimum Gasteiger partial charge on any atom is -0.489 e. The fourth-order valence-electron chi connectivity index (χ4n) is 1.85. The molecule has 2 N–H and O–H groups in total. The van der Waals surface area contributed by atoms with E-state index in [2.05, 4.69) is 0 Å². The largest absolute Gasteiger partial charge is 0.489 e. The van der Waals surface area contributed by atoms with Gasteiger partial charge in [-0.2, -0.15) is 0 Å². The number of rotatable bonds is 4. The number of ether oxygens (including phenoxy) is 1. The lowest BCUT2D eigenvalue weighted by Crippen LogP contribution is -2.29. The molecular formula is C15H14Cl2FNO. The first-order chi connectivity index (χ1) is 9.47. The predicted molar refractivity (Wildman–Crippen MR) is 79.9 cm³/mol. The third-order valence-corrected chi connectivity index (χ3v) is 3.52. The van der Waals surface area contributed by atoms with Gasteiger partial charge in [-0.15, -0.1) is 0 Å². The van der Waals surface area contributed by atoms with Crippen LogP contribution in [0.15, 0.2) is 42.5 Å². The molecule has 106 valence electrons. The first-order valence-corrected chi connectivity index (χ1v) is 6.85. The van der Waals surface area contributed by atoms with Crippen LogP contribution < -0.4 is 10.5 Å². The van der Waals surface area contributed by atoms with Gasteiger partial charge in [0.05, 0.1) is 6.04 Å². The van der Waals surface area contributed by atoms with Crippen LogP contribution in [0.4, 0.5) is 4.39 Å². The average molecular weight is 314 g/mol. The lowest BCUT2D eigenvalue weighted by atomic mass is 10.0. The predicted octanol–water partition coefficient (Wildman–Crippen LogP) is 4.60. The van der Waals surface area contributed by atoms with Crippen molar-refractivity contribution < 1.29 is 9.13 Å². The number of benzene rings is 2. The summed E-state index contributed by atoms with van der Waals surface area (Å²) in [4.78, 5) is 0. The lowest BCUT2D eigenvalue weighted by Gasteiger charge is -2.22. The summed E-state index contributed by atoms with van der Waals surface area (Å²) in [6.07, 6.45) is -0.382. The maximum Gasteiger partial charge on any atom is 0.123 e. The minimum absolute atomic E-state index is 0.380. The van der Waals surface area contributed by atoms with Crippen molar-refractivity contribution in [1.82, 2.24) is 0 Å². The first kappa shape index (κ1) is 15.1. The Balaban J connectivity index is 2.16. The van der Waals surface area contributed by atoms with Gasteiger partial charge in [0.25, 0.3) is 0 Å². The molecule has 0 aliphatic carbocycles. The summed E-state index contributed by atoms with van der Waals surface area (Å²) in [7, 11) is 0. The molecule has 0 fully saturated rings. The smallest absolute Gasteiger partial charge is 0.123 e. The highest BCUT2D eigenvalue weighted by Gasteiger charge is 2.20. The molecule has 2 nitrogen and oxygen atoms in total. The molecule has 2 aromatic rings. The second kappa shape index (κ2) is 6.44. The Labute approximate surface area is 127 Å². The molecular weight excluding hydrogens is 300 g/mol. The molecule has 2 rings (SSSR count). The molecule has 2 atom stereocenters. The molecule has 0 bridgehead atoms. The number of hydrogen-bond acceptors (Lipinski definition) is 2. The van der Waals surface area contributed by atoms with Gasteiger partial charge in [-0.25, -0.2) is 4.39 Å². The van der Waals surface area contributed by atoms with Crippen LogP contribution in [0.2, 0.25) is 10.0 Å². The van der Waals surface area contributed by atoms with Crippen LogP contribution in [0, 0.1) is 5.82 Å². The standard InChI is InChI=1S/C15H14Cl2FNO/c1-9(20-12-4-2-3-10(16)7-12)15(19)13-8-11(18)5-6-14(13)17/h2-9,15H,19H2,1H3. The van der Waals surface area contributed by atoms with Gasteiger partial charge in [-0.1, -0.05) is 29.3 Å². The maximum atomic E-state index is 13.3. The summed E-state index contributed by atoms with van der Waals surface area (Å²) in [5.41, 5.74) is 6.60. The van der Waals surface area contributed by atoms with E-state index in [1.165, 1.54) is 18.2 Å². The van der Waals surface area contributed by atoms with E-state index in [1.54, 1.807) is 31.2 Å². The van der Waals surface area contributed by atoms with Crippen LogP contribution in [-0.2, 0) is 0 Å². The number of nitrogens with two attached hydrogens (primary N) is 1. The van der Waals surface area contributed by atoms with E-state index in [0.29, 0.717) is 21.4 Å². The molecule has 5 heteroatoms. The van der Waals surface area contributed by atoms with E-state index in [0.717, 1.165) is 0 Å². The van der Waals surface area contributed by atoms with Crippen molar-refractivity contribution in [1.29, 1.82) is 0 Å². The maximum absolute atomic E-state index is 13.3. The number of halogens is 3. The van der Waals surface area contributed by atoms with E-state index in [4.69, 9.17) is 33.7 Å². The highest BCUT2D eigenvalue weighted by Crippen LogP contribution is 2.27. The Morgan fingerprint density at radius 2 is 1.90 bits per heavy atom. The molecule has 0 saturated heterocycles. The highest BCUT2D eigenvalue weighted by molar-refractivity contribution is 6.31. The molecule has 0 spiro atoms.